The first kappa shape index (κ1) is 14.2. The van der Waals surface area contributed by atoms with Crippen LogP contribution in [-0.4, -0.2) is 25.2 Å². The van der Waals surface area contributed by atoms with Gasteiger partial charge in [0.1, 0.15) is 5.92 Å². The summed E-state index contributed by atoms with van der Waals surface area (Å²) in [5, 5.41) is 11.9. The van der Waals surface area contributed by atoms with E-state index in [1.54, 1.807) is 12.1 Å². The first-order valence-electron chi connectivity index (χ1n) is 6.01. The molecule has 0 radical (unpaired) electrons. The SMILES string of the molecule is CCOCC(C)NC(=O)C(C#N)c1ccccc1. The molecule has 0 aliphatic rings. The van der Waals surface area contributed by atoms with Crippen molar-refractivity contribution in [1.29, 1.82) is 5.26 Å². The number of amides is 1. The van der Waals surface area contributed by atoms with E-state index in [1.165, 1.54) is 0 Å². The quantitative estimate of drug-likeness (QED) is 0.833. The van der Waals surface area contributed by atoms with Crippen molar-refractivity contribution in [3.05, 3.63) is 35.9 Å². The predicted octanol–water partition coefficient (Wildman–Crippen LogP) is 1.83. The number of nitriles is 1. The number of carbonyl (C=O) groups is 1. The first-order valence-corrected chi connectivity index (χ1v) is 6.01. The van der Waals surface area contributed by atoms with E-state index >= 15 is 0 Å². The molecule has 1 amide bonds. The zero-order valence-corrected chi connectivity index (χ0v) is 10.7. The minimum absolute atomic E-state index is 0.1000. The molecule has 0 aliphatic carbocycles. The van der Waals surface area contributed by atoms with Crippen LogP contribution in [0.5, 0.6) is 0 Å². The molecule has 0 bridgehead atoms. The maximum Gasteiger partial charge on any atom is 0.242 e. The lowest BCUT2D eigenvalue weighted by molar-refractivity contribution is -0.122. The van der Waals surface area contributed by atoms with Gasteiger partial charge in [-0.25, -0.2) is 0 Å². The third kappa shape index (κ3) is 4.19. The van der Waals surface area contributed by atoms with Gasteiger partial charge in [0.15, 0.2) is 0 Å². The summed E-state index contributed by atoms with van der Waals surface area (Å²) in [5.41, 5.74) is 0.709. The van der Waals surface area contributed by atoms with Crippen molar-refractivity contribution < 1.29 is 9.53 Å². The maximum atomic E-state index is 12.0. The van der Waals surface area contributed by atoms with Gasteiger partial charge in [0.2, 0.25) is 5.91 Å². The summed E-state index contributed by atoms with van der Waals surface area (Å²) in [4.78, 5) is 12.0. The highest BCUT2D eigenvalue weighted by Crippen LogP contribution is 2.14. The Morgan fingerprint density at radius 3 is 2.67 bits per heavy atom. The zero-order valence-electron chi connectivity index (χ0n) is 10.7. The molecule has 0 fully saturated rings. The lowest BCUT2D eigenvalue weighted by Crippen LogP contribution is -2.38. The standard InChI is InChI=1S/C14H18N2O2/c1-3-18-10-11(2)16-14(17)13(9-15)12-7-5-4-6-8-12/h4-8,11,13H,3,10H2,1-2H3,(H,16,17). The summed E-state index contributed by atoms with van der Waals surface area (Å²) >= 11 is 0. The van der Waals surface area contributed by atoms with Crippen molar-refractivity contribution in [2.45, 2.75) is 25.8 Å². The second kappa shape index (κ2) is 7.46. The number of carbonyl (C=O) groups excluding carboxylic acids is 1. The highest BCUT2D eigenvalue weighted by molar-refractivity contribution is 5.86. The molecule has 1 aromatic rings. The Balaban J connectivity index is 2.62. The third-order valence-electron chi connectivity index (χ3n) is 2.48. The van der Waals surface area contributed by atoms with Gasteiger partial charge in [0.25, 0.3) is 0 Å². The van der Waals surface area contributed by atoms with Gasteiger partial charge in [-0.2, -0.15) is 5.26 Å². The average molecular weight is 246 g/mol. The highest BCUT2D eigenvalue weighted by atomic mass is 16.5. The molecular formula is C14H18N2O2. The summed E-state index contributed by atoms with van der Waals surface area (Å²) in [6.07, 6.45) is 0. The van der Waals surface area contributed by atoms with E-state index in [9.17, 15) is 4.79 Å². The van der Waals surface area contributed by atoms with Crippen LogP contribution in [0.25, 0.3) is 0 Å². The molecule has 1 N–H and O–H groups in total. The fraction of sp³-hybridized carbons (Fsp3) is 0.429. The molecule has 0 saturated heterocycles. The fourth-order valence-electron chi connectivity index (χ4n) is 1.59. The van der Waals surface area contributed by atoms with Gasteiger partial charge < -0.3 is 10.1 Å². The first-order chi connectivity index (χ1) is 8.69. The Hall–Kier alpha value is -1.86. The van der Waals surface area contributed by atoms with Gasteiger partial charge in [-0.05, 0) is 19.4 Å². The summed E-state index contributed by atoms with van der Waals surface area (Å²) in [7, 11) is 0. The molecule has 4 nitrogen and oxygen atoms in total. The predicted molar refractivity (Wildman–Crippen MR) is 68.9 cm³/mol. The van der Waals surface area contributed by atoms with Crippen LogP contribution in [0.4, 0.5) is 0 Å². The molecule has 1 aromatic carbocycles. The van der Waals surface area contributed by atoms with Crippen LogP contribution in [0.3, 0.4) is 0 Å². The summed E-state index contributed by atoms with van der Waals surface area (Å²) in [5.74, 6) is -1.05. The van der Waals surface area contributed by atoms with Crippen molar-refractivity contribution in [2.75, 3.05) is 13.2 Å². The molecule has 0 spiro atoms. The normalized spacial score (nSPS) is 13.4. The third-order valence-corrected chi connectivity index (χ3v) is 2.48. The van der Waals surface area contributed by atoms with E-state index in [1.807, 2.05) is 38.1 Å². The van der Waals surface area contributed by atoms with Gasteiger partial charge in [-0.15, -0.1) is 0 Å². The van der Waals surface area contributed by atoms with Crippen LogP contribution in [-0.2, 0) is 9.53 Å². The Morgan fingerprint density at radius 2 is 2.11 bits per heavy atom. The lowest BCUT2D eigenvalue weighted by atomic mass is 10.00. The van der Waals surface area contributed by atoms with Crippen molar-refractivity contribution in [3.63, 3.8) is 0 Å². The van der Waals surface area contributed by atoms with Crippen LogP contribution in [0.2, 0.25) is 0 Å². The second-order valence-corrected chi connectivity index (χ2v) is 4.04. The van der Waals surface area contributed by atoms with E-state index in [2.05, 4.69) is 5.32 Å². The number of ether oxygens (including phenoxy) is 1. The van der Waals surface area contributed by atoms with Gasteiger partial charge in [-0.1, -0.05) is 30.3 Å². The molecule has 2 atom stereocenters. The van der Waals surface area contributed by atoms with E-state index < -0.39 is 5.92 Å². The molecule has 96 valence electrons. The van der Waals surface area contributed by atoms with Crippen molar-refractivity contribution in [3.8, 4) is 6.07 Å². The van der Waals surface area contributed by atoms with Crippen LogP contribution in [0.1, 0.15) is 25.3 Å². The van der Waals surface area contributed by atoms with Gasteiger partial charge >= 0.3 is 0 Å². The van der Waals surface area contributed by atoms with Crippen molar-refractivity contribution in [1.82, 2.24) is 5.32 Å². The lowest BCUT2D eigenvalue weighted by Gasteiger charge is -2.16. The van der Waals surface area contributed by atoms with Crippen LogP contribution in [0, 0.1) is 11.3 Å². The van der Waals surface area contributed by atoms with E-state index in [-0.39, 0.29) is 11.9 Å². The number of rotatable bonds is 6. The second-order valence-electron chi connectivity index (χ2n) is 4.04. The number of nitrogens with one attached hydrogen (secondary N) is 1. The van der Waals surface area contributed by atoms with E-state index in [0.29, 0.717) is 18.8 Å². The van der Waals surface area contributed by atoms with Crippen molar-refractivity contribution in [2.24, 2.45) is 0 Å². The summed E-state index contributed by atoms with van der Waals surface area (Å²) in [6, 6.07) is 11.0. The van der Waals surface area contributed by atoms with E-state index in [4.69, 9.17) is 10.00 Å². The summed E-state index contributed by atoms with van der Waals surface area (Å²) < 4.78 is 5.22. The fourth-order valence-corrected chi connectivity index (χ4v) is 1.59. The Bertz CT molecular complexity index is 412. The monoisotopic (exact) mass is 246 g/mol. The zero-order chi connectivity index (χ0) is 13.4. The largest absolute Gasteiger partial charge is 0.380 e. The van der Waals surface area contributed by atoms with Gasteiger partial charge in [0.05, 0.1) is 12.7 Å². The van der Waals surface area contributed by atoms with Crippen LogP contribution >= 0.6 is 0 Å². The number of nitrogens with zero attached hydrogens (tertiary/aromatic N) is 1. The number of benzene rings is 1. The number of hydrogen-bond donors (Lipinski definition) is 1. The van der Waals surface area contributed by atoms with Crippen molar-refractivity contribution >= 4 is 5.91 Å². The average Bonchev–Trinajstić information content (AvgIpc) is 2.38. The van der Waals surface area contributed by atoms with Crippen LogP contribution in [0.15, 0.2) is 30.3 Å². The molecule has 0 aromatic heterocycles. The Kier molecular flexibility index (Phi) is 5.89. The Labute approximate surface area is 108 Å². The topological polar surface area (TPSA) is 62.1 Å². The summed E-state index contributed by atoms with van der Waals surface area (Å²) in [6.45, 7) is 4.82. The molecule has 1 rings (SSSR count). The van der Waals surface area contributed by atoms with Gasteiger partial charge in [-0.3, -0.25) is 4.79 Å². The molecule has 0 saturated carbocycles. The molecular weight excluding hydrogens is 228 g/mol. The highest BCUT2D eigenvalue weighted by Gasteiger charge is 2.21. The Morgan fingerprint density at radius 1 is 1.44 bits per heavy atom. The van der Waals surface area contributed by atoms with Gasteiger partial charge in [0, 0.05) is 12.6 Å². The number of hydrogen-bond acceptors (Lipinski definition) is 3. The minimum atomic E-state index is -0.768. The van der Waals surface area contributed by atoms with Crippen LogP contribution < -0.4 is 5.32 Å². The maximum absolute atomic E-state index is 12.0. The molecule has 2 unspecified atom stereocenters. The molecule has 18 heavy (non-hydrogen) atoms. The smallest absolute Gasteiger partial charge is 0.242 e. The van der Waals surface area contributed by atoms with E-state index in [0.717, 1.165) is 0 Å². The minimum Gasteiger partial charge on any atom is -0.380 e. The molecule has 4 heteroatoms. The molecule has 0 aliphatic heterocycles. The molecule has 0 heterocycles.